The minimum Gasteiger partial charge on any atom is -0.468 e. The molecular weight excluding hydrogens is 246 g/mol. The maximum absolute atomic E-state index is 12.0. The first kappa shape index (κ1) is 15.9. The predicted octanol–water partition coefficient (Wildman–Crippen LogP) is -0.169. The quantitative estimate of drug-likeness (QED) is 0.645. The Kier molecular flexibility index (Phi) is 5.12. The Morgan fingerprint density at radius 1 is 1.29 bits per heavy atom. The van der Waals surface area contributed by atoms with Crippen LogP contribution < -0.4 is 0 Å². The van der Waals surface area contributed by atoms with E-state index in [1.165, 1.54) is 21.0 Å². The third-order valence-electron chi connectivity index (χ3n) is 2.66. The Hall–Kier alpha value is -1.11. The van der Waals surface area contributed by atoms with Gasteiger partial charge in [-0.2, -0.15) is 0 Å². The molecule has 0 rings (SSSR count). The number of hydrogen-bond donors (Lipinski definition) is 0. The highest BCUT2D eigenvalue weighted by atomic mass is 32.2. The van der Waals surface area contributed by atoms with Crippen LogP contribution in [0.2, 0.25) is 0 Å². The molecule has 0 aromatic carbocycles. The summed E-state index contributed by atoms with van der Waals surface area (Å²) < 4.78 is 25.9. The van der Waals surface area contributed by atoms with Crippen LogP contribution in [-0.4, -0.2) is 56.4 Å². The van der Waals surface area contributed by atoms with Crippen LogP contribution in [0.15, 0.2) is 0 Å². The fourth-order valence-electron chi connectivity index (χ4n) is 1.09. The number of rotatable bonds is 5. The first-order valence-corrected chi connectivity index (χ1v) is 7.02. The van der Waals surface area contributed by atoms with E-state index < -0.39 is 26.5 Å². The maximum Gasteiger partial charge on any atom is 0.325 e. The molecule has 0 aliphatic carbocycles. The number of ether oxygens (including phenoxy) is 1. The molecule has 0 aliphatic heterocycles. The monoisotopic (exact) mass is 265 g/mol. The smallest absolute Gasteiger partial charge is 0.325 e. The van der Waals surface area contributed by atoms with Gasteiger partial charge in [0.25, 0.3) is 0 Å². The first-order valence-electron chi connectivity index (χ1n) is 5.13. The molecule has 0 radical (unpaired) electrons. The molecule has 0 N–H and O–H groups in total. The lowest BCUT2D eigenvalue weighted by molar-refractivity contribution is -0.147. The summed E-state index contributed by atoms with van der Waals surface area (Å²) in [6.07, 6.45) is 0.997. The molecule has 1 amide bonds. The van der Waals surface area contributed by atoms with Crippen molar-refractivity contribution < 1.29 is 22.7 Å². The summed E-state index contributed by atoms with van der Waals surface area (Å²) in [7, 11) is -2.33. The molecule has 17 heavy (non-hydrogen) atoms. The van der Waals surface area contributed by atoms with E-state index in [-0.39, 0.29) is 13.1 Å². The van der Waals surface area contributed by atoms with E-state index in [1.807, 2.05) is 0 Å². The van der Waals surface area contributed by atoms with Crippen LogP contribution in [-0.2, 0) is 24.2 Å². The fourth-order valence-corrected chi connectivity index (χ4v) is 1.53. The van der Waals surface area contributed by atoms with Crippen LogP contribution in [0.5, 0.6) is 0 Å². The molecule has 7 heteroatoms. The summed E-state index contributed by atoms with van der Waals surface area (Å²) >= 11 is 0. The highest BCUT2D eigenvalue weighted by Crippen LogP contribution is 2.18. The minimum atomic E-state index is -3.54. The number of likely N-dealkylation sites (N-methyl/N-ethyl adjacent to an activating group) is 1. The van der Waals surface area contributed by atoms with Gasteiger partial charge in [-0.15, -0.1) is 0 Å². The van der Waals surface area contributed by atoms with Crippen molar-refractivity contribution in [2.75, 3.05) is 26.5 Å². The number of esters is 1. The summed E-state index contributed by atoms with van der Waals surface area (Å²) in [5.74, 6) is -1.18. The molecule has 0 saturated carbocycles. The lowest BCUT2D eigenvalue weighted by Crippen LogP contribution is -2.51. The summed E-state index contributed by atoms with van der Waals surface area (Å²) in [5, 5.41) is 0. The number of methoxy groups -OCH3 is 1. The van der Waals surface area contributed by atoms with Gasteiger partial charge in [0.2, 0.25) is 5.91 Å². The largest absolute Gasteiger partial charge is 0.468 e. The lowest BCUT2D eigenvalue weighted by Gasteiger charge is -2.29. The molecule has 0 heterocycles. The topological polar surface area (TPSA) is 80.8 Å². The van der Waals surface area contributed by atoms with Crippen molar-refractivity contribution in [3.63, 3.8) is 0 Å². The van der Waals surface area contributed by atoms with Gasteiger partial charge in [0, 0.05) is 12.8 Å². The SMILES string of the molecule is CCN(CC(=O)OC)C(=O)C(C)(C)S(C)(=O)=O. The van der Waals surface area contributed by atoms with Crippen molar-refractivity contribution in [1.82, 2.24) is 4.90 Å². The third kappa shape index (κ3) is 3.69. The van der Waals surface area contributed by atoms with E-state index in [9.17, 15) is 18.0 Å². The summed E-state index contributed by atoms with van der Waals surface area (Å²) in [5.41, 5.74) is 0. The van der Waals surface area contributed by atoms with E-state index >= 15 is 0 Å². The second kappa shape index (κ2) is 5.48. The lowest BCUT2D eigenvalue weighted by atomic mass is 10.1. The highest BCUT2D eigenvalue weighted by molar-refractivity contribution is 7.92. The van der Waals surface area contributed by atoms with Gasteiger partial charge in [0.05, 0.1) is 7.11 Å². The standard InChI is InChI=1S/C10H19NO5S/c1-6-11(7-8(12)16-4)9(13)10(2,3)17(5,14)15/h6-7H2,1-5H3. The Morgan fingerprint density at radius 3 is 2.06 bits per heavy atom. The third-order valence-corrected chi connectivity index (χ3v) is 4.69. The van der Waals surface area contributed by atoms with Gasteiger partial charge in [-0.25, -0.2) is 8.42 Å². The van der Waals surface area contributed by atoms with Crippen LogP contribution in [0.3, 0.4) is 0 Å². The summed E-state index contributed by atoms with van der Waals surface area (Å²) in [6, 6.07) is 0. The van der Waals surface area contributed by atoms with Gasteiger partial charge in [-0.1, -0.05) is 0 Å². The highest BCUT2D eigenvalue weighted by Gasteiger charge is 2.41. The van der Waals surface area contributed by atoms with Crippen LogP contribution in [0.4, 0.5) is 0 Å². The zero-order chi connectivity index (χ0) is 13.9. The van der Waals surface area contributed by atoms with E-state index in [0.29, 0.717) is 0 Å². The van der Waals surface area contributed by atoms with Gasteiger partial charge < -0.3 is 9.64 Å². The van der Waals surface area contributed by atoms with Gasteiger partial charge in [0.15, 0.2) is 9.84 Å². The Labute approximate surface area is 102 Å². The van der Waals surface area contributed by atoms with Gasteiger partial charge >= 0.3 is 5.97 Å². The Balaban J connectivity index is 5.07. The molecule has 0 aromatic rings. The van der Waals surface area contributed by atoms with Crippen LogP contribution >= 0.6 is 0 Å². The summed E-state index contributed by atoms with van der Waals surface area (Å²) in [4.78, 5) is 24.3. The van der Waals surface area contributed by atoms with Crippen molar-refractivity contribution >= 4 is 21.7 Å². The predicted molar refractivity (Wildman–Crippen MR) is 63.2 cm³/mol. The number of carbonyl (C=O) groups excluding carboxylic acids is 2. The van der Waals surface area contributed by atoms with Gasteiger partial charge in [-0.05, 0) is 20.8 Å². The molecular formula is C10H19NO5S. The molecule has 0 saturated heterocycles. The van der Waals surface area contributed by atoms with E-state index in [4.69, 9.17) is 0 Å². The van der Waals surface area contributed by atoms with E-state index in [1.54, 1.807) is 6.92 Å². The molecule has 100 valence electrons. The van der Waals surface area contributed by atoms with Crippen molar-refractivity contribution in [3.05, 3.63) is 0 Å². The molecule has 0 spiro atoms. The zero-order valence-electron chi connectivity index (χ0n) is 10.8. The van der Waals surface area contributed by atoms with E-state index in [2.05, 4.69) is 4.74 Å². The number of carbonyl (C=O) groups is 2. The fraction of sp³-hybridized carbons (Fsp3) is 0.800. The molecule has 6 nitrogen and oxygen atoms in total. The molecule has 0 atom stereocenters. The molecule has 0 aromatic heterocycles. The molecule has 0 aliphatic rings. The van der Waals surface area contributed by atoms with Crippen molar-refractivity contribution in [1.29, 1.82) is 0 Å². The number of sulfone groups is 1. The van der Waals surface area contributed by atoms with E-state index in [0.717, 1.165) is 11.2 Å². The average Bonchev–Trinajstić information content (AvgIpc) is 2.22. The normalized spacial score (nSPS) is 12.1. The molecule has 0 fully saturated rings. The number of hydrogen-bond acceptors (Lipinski definition) is 5. The molecule has 0 unspecified atom stereocenters. The maximum atomic E-state index is 12.0. The van der Waals surface area contributed by atoms with Gasteiger partial charge in [0.1, 0.15) is 11.3 Å². The zero-order valence-corrected chi connectivity index (χ0v) is 11.6. The van der Waals surface area contributed by atoms with Gasteiger partial charge in [-0.3, -0.25) is 9.59 Å². The molecule has 0 bridgehead atoms. The average molecular weight is 265 g/mol. The van der Waals surface area contributed by atoms with Crippen molar-refractivity contribution in [3.8, 4) is 0 Å². The number of nitrogens with zero attached hydrogens (tertiary/aromatic N) is 1. The second-order valence-electron chi connectivity index (χ2n) is 4.18. The van der Waals surface area contributed by atoms with Crippen molar-refractivity contribution in [2.24, 2.45) is 0 Å². The first-order chi connectivity index (χ1) is 7.57. The minimum absolute atomic E-state index is 0.243. The second-order valence-corrected chi connectivity index (χ2v) is 6.74. The van der Waals surface area contributed by atoms with Crippen molar-refractivity contribution in [2.45, 2.75) is 25.5 Å². The van der Waals surface area contributed by atoms with Crippen LogP contribution in [0.1, 0.15) is 20.8 Å². The summed E-state index contributed by atoms with van der Waals surface area (Å²) in [6.45, 7) is 4.31. The van der Waals surface area contributed by atoms with Crippen LogP contribution in [0, 0.1) is 0 Å². The van der Waals surface area contributed by atoms with Crippen LogP contribution in [0.25, 0.3) is 0 Å². The Morgan fingerprint density at radius 2 is 1.76 bits per heavy atom. The Bertz CT molecular complexity index is 399. The number of amides is 1.